The van der Waals surface area contributed by atoms with Crippen LogP contribution < -0.4 is 5.32 Å². The molecule has 0 aliphatic heterocycles. The summed E-state index contributed by atoms with van der Waals surface area (Å²) in [4.78, 5) is 16.1. The zero-order valence-electron chi connectivity index (χ0n) is 11.0. The van der Waals surface area contributed by atoms with E-state index in [0.29, 0.717) is 5.69 Å². The number of hydrogen-bond donors (Lipinski definition) is 1. The smallest absolute Gasteiger partial charge is 0.412 e. The second kappa shape index (κ2) is 5.17. The van der Waals surface area contributed by atoms with Gasteiger partial charge in [0.05, 0.1) is 11.2 Å². The molecule has 4 nitrogen and oxygen atoms in total. The molecule has 1 heterocycles. The fraction of sp³-hybridized carbons (Fsp3) is 0.286. The lowest BCUT2D eigenvalue weighted by Crippen LogP contribution is -2.27. The Hall–Kier alpha value is -1.62. The molecule has 0 atom stereocenters. The summed E-state index contributed by atoms with van der Waals surface area (Å²) in [6, 6.07) is 7.47. The van der Waals surface area contributed by atoms with E-state index in [1.165, 1.54) is 0 Å². The number of aromatic nitrogens is 1. The number of fused-ring (bicyclic) bond motifs is 1. The van der Waals surface area contributed by atoms with E-state index in [1.807, 2.05) is 45.0 Å². The molecule has 19 heavy (non-hydrogen) atoms. The average Bonchev–Trinajstić information content (AvgIpc) is 2.27. The van der Waals surface area contributed by atoms with E-state index < -0.39 is 11.7 Å². The molecule has 0 saturated heterocycles. The van der Waals surface area contributed by atoms with Crippen molar-refractivity contribution in [2.45, 2.75) is 26.4 Å². The standard InChI is InChI=1S/C14H15BrN2O2/c1-14(2,3)19-13(18)17-12-6-4-5-11-10(12)7-9(15)8-16-11/h4-8H,1-3H3,(H,17,18). The summed E-state index contributed by atoms with van der Waals surface area (Å²) in [5.74, 6) is 0. The van der Waals surface area contributed by atoms with Gasteiger partial charge in [0, 0.05) is 16.1 Å². The molecule has 1 N–H and O–H groups in total. The van der Waals surface area contributed by atoms with Gasteiger partial charge in [0.15, 0.2) is 0 Å². The Kier molecular flexibility index (Phi) is 3.75. The maximum Gasteiger partial charge on any atom is 0.412 e. The number of ether oxygens (including phenoxy) is 1. The van der Waals surface area contributed by atoms with Gasteiger partial charge >= 0.3 is 6.09 Å². The summed E-state index contributed by atoms with van der Waals surface area (Å²) in [5.41, 5.74) is 0.977. The normalized spacial score (nSPS) is 11.4. The number of benzene rings is 1. The lowest BCUT2D eigenvalue weighted by molar-refractivity contribution is 0.0636. The zero-order chi connectivity index (χ0) is 14.0. The first-order valence-electron chi connectivity index (χ1n) is 5.89. The molecule has 1 aromatic heterocycles. The van der Waals surface area contributed by atoms with Crippen LogP contribution >= 0.6 is 15.9 Å². The highest BCUT2D eigenvalue weighted by atomic mass is 79.9. The quantitative estimate of drug-likeness (QED) is 0.849. The summed E-state index contributed by atoms with van der Waals surface area (Å²) in [7, 11) is 0. The molecule has 0 aliphatic carbocycles. The Morgan fingerprint density at radius 2 is 2.11 bits per heavy atom. The molecule has 0 radical (unpaired) electrons. The first kappa shape index (κ1) is 13.8. The van der Waals surface area contributed by atoms with Crippen molar-refractivity contribution in [2.24, 2.45) is 0 Å². The highest BCUT2D eigenvalue weighted by Gasteiger charge is 2.16. The molecular formula is C14H15BrN2O2. The van der Waals surface area contributed by atoms with Crippen molar-refractivity contribution in [3.63, 3.8) is 0 Å². The molecule has 0 spiro atoms. The predicted molar refractivity (Wildman–Crippen MR) is 79.3 cm³/mol. The largest absolute Gasteiger partial charge is 0.444 e. The molecule has 0 saturated carbocycles. The van der Waals surface area contributed by atoms with E-state index in [9.17, 15) is 4.79 Å². The number of anilines is 1. The summed E-state index contributed by atoms with van der Waals surface area (Å²) >= 11 is 3.38. The molecular weight excluding hydrogens is 308 g/mol. The fourth-order valence-corrected chi connectivity index (χ4v) is 1.98. The number of pyridine rings is 1. The van der Waals surface area contributed by atoms with Gasteiger partial charge in [0.2, 0.25) is 0 Å². The highest BCUT2D eigenvalue weighted by Crippen LogP contribution is 2.25. The van der Waals surface area contributed by atoms with Crippen molar-refractivity contribution in [2.75, 3.05) is 5.32 Å². The van der Waals surface area contributed by atoms with Gasteiger partial charge in [-0.1, -0.05) is 6.07 Å². The van der Waals surface area contributed by atoms with E-state index in [2.05, 4.69) is 26.2 Å². The molecule has 0 aliphatic rings. The van der Waals surface area contributed by atoms with Gasteiger partial charge in [0.25, 0.3) is 0 Å². The fourth-order valence-electron chi connectivity index (χ4n) is 1.65. The van der Waals surface area contributed by atoms with Crippen molar-refractivity contribution < 1.29 is 9.53 Å². The van der Waals surface area contributed by atoms with Gasteiger partial charge < -0.3 is 4.74 Å². The van der Waals surface area contributed by atoms with Crippen molar-refractivity contribution in [1.29, 1.82) is 0 Å². The molecule has 0 fully saturated rings. The number of carbonyl (C=O) groups is 1. The van der Waals surface area contributed by atoms with E-state index in [1.54, 1.807) is 6.20 Å². The van der Waals surface area contributed by atoms with Crippen molar-refractivity contribution >= 4 is 38.6 Å². The molecule has 1 amide bonds. The van der Waals surface area contributed by atoms with Crippen molar-refractivity contribution in [3.05, 3.63) is 34.9 Å². The van der Waals surface area contributed by atoms with Crippen LogP contribution in [-0.2, 0) is 4.74 Å². The van der Waals surface area contributed by atoms with Gasteiger partial charge in [0.1, 0.15) is 5.60 Å². The second-order valence-electron chi connectivity index (χ2n) is 5.15. The van der Waals surface area contributed by atoms with Gasteiger partial charge in [-0.3, -0.25) is 10.3 Å². The first-order valence-corrected chi connectivity index (χ1v) is 6.69. The van der Waals surface area contributed by atoms with Crippen molar-refractivity contribution in [3.8, 4) is 0 Å². The second-order valence-corrected chi connectivity index (χ2v) is 6.07. The summed E-state index contributed by atoms with van der Waals surface area (Å²) in [6.07, 6.45) is 1.25. The third kappa shape index (κ3) is 3.67. The Balaban J connectivity index is 2.30. The number of amides is 1. The molecule has 0 unspecified atom stereocenters. The number of carbonyl (C=O) groups excluding carboxylic acids is 1. The average molecular weight is 323 g/mol. The molecule has 2 aromatic rings. The van der Waals surface area contributed by atoms with Crippen LogP contribution in [0.4, 0.5) is 10.5 Å². The predicted octanol–water partition coefficient (Wildman–Crippen LogP) is 4.34. The van der Waals surface area contributed by atoms with Gasteiger partial charge in [-0.25, -0.2) is 4.79 Å². The van der Waals surface area contributed by atoms with E-state index in [4.69, 9.17) is 4.74 Å². The summed E-state index contributed by atoms with van der Waals surface area (Å²) < 4.78 is 6.10. The summed E-state index contributed by atoms with van der Waals surface area (Å²) in [5, 5.41) is 3.61. The highest BCUT2D eigenvalue weighted by molar-refractivity contribution is 9.10. The van der Waals surface area contributed by atoms with Gasteiger partial charge in [-0.05, 0) is 54.9 Å². The minimum Gasteiger partial charge on any atom is -0.444 e. The number of nitrogens with zero attached hydrogens (tertiary/aromatic N) is 1. The minimum atomic E-state index is -0.520. The molecule has 5 heteroatoms. The monoisotopic (exact) mass is 322 g/mol. The van der Waals surface area contributed by atoms with Crippen LogP contribution in [0.3, 0.4) is 0 Å². The maximum absolute atomic E-state index is 11.8. The minimum absolute atomic E-state index is 0.472. The lowest BCUT2D eigenvalue weighted by atomic mass is 10.2. The SMILES string of the molecule is CC(C)(C)OC(=O)Nc1cccc2ncc(Br)cc12. The number of nitrogens with one attached hydrogen (secondary N) is 1. The van der Waals surface area contributed by atoms with Gasteiger partial charge in [-0.15, -0.1) is 0 Å². The molecule has 2 rings (SSSR count). The van der Waals surface area contributed by atoms with Crippen LogP contribution in [0.15, 0.2) is 34.9 Å². The number of hydrogen-bond acceptors (Lipinski definition) is 3. The van der Waals surface area contributed by atoms with Crippen LogP contribution in [-0.4, -0.2) is 16.7 Å². The first-order chi connectivity index (χ1) is 8.85. The Labute approximate surface area is 120 Å². The third-order valence-corrected chi connectivity index (χ3v) is 2.76. The van der Waals surface area contributed by atoms with Gasteiger partial charge in [-0.2, -0.15) is 0 Å². The molecule has 100 valence electrons. The Morgan fingerprint density at radius 1 is 1.37 bits per heavy atom. The zero-order valence-corrected chi connectivity index (χ0v) is 12.6. The van der Waals surface area contributed by atoms with E-state index in [0.717, 1.165) is 15.4 Å². The Morgan fingerprint density at radius 3 is 2.79 bits per heavy atom. The van der Waals surface area contributed by atoms with Crippen LogP contribution in [0.5, 0.6) is 0 Å². The van der Waals surface area contributed by atoms with E-state index in [-0.39, 0.29) is 0 Å². The topological polar surface area (TPSA) is 51.2 Å². The summed E-state index contributed by atoms with van der Waals surface area (Å²) in [6.45, 7) is 5.48. The van der Waals surface area contributed by atoms with E-state index >= 15 is 0 Å². The van der Waals surface area contributed by atoms with Crippen LogP contribution in [0.2, 0.25) is 0 Å². The van der Waals surface area contributed by atoms with Crippen LogP contribution in [0.1, 0.15) is 20.8 Å². The number of halogens is 1. The third-order valence-electron chi connectivity index (χ3n) is 2.33. The van der Waals surface area contributed by atoms with Crippen LogP contribution in [0, 0.1) is 0 Å². The van der Waals surface area contributed by atoms with Crippen molar-refractivity contribution in [1.82, 2.24) is 4.98 Å². The lowest BCUT2D eigenvalue weighted by Gasteiger charge is -2.20. The maximum atomic E-state index is 11.8. The van der Waals surface area contributed by atoms with Crippen LogP contribution in [0.25, 0.3) is 10.9 Å². The number of rotatable bonds is 1. The Bertz CT molecular complexity index is 620. The molecule has 0 bridgehead atoms. The molecule has 1 aromatic carbocycles.